The number of urea groups is 1. The molecule has 0 spiro atoms. The molecule has 2 N–H and O–H groups in total. The number of carbonyl (C=O) groups is 1. The summed E-state index contributed by atoms with van der Waals surface area (Å²) in [5, 5.41) is 5.64. The van der Waals surface area contributed by atoms with Gasteiger partial charge >= 0.3 is 6.03 Å². The highest BCUT2D eigenvalue weighted by atomic mass is 16.5. The molecule has 23 heavy (non-hydrogen) atoms. The number of hydrogen-bond acceptors (Lipinski definition) is 4. The number of fused-ring (bicyclic) bond motifs is 1. The molecule has 2 amide bonds. The smallest absolute Gasteiger partial charge is 0.319 e. The Labute approximate surface area is 134 Å². The molecule has 1 aromatic heterocycles. The Kier molecular flexibility index (Phi) is 4.61. The van der Waals surface area contributed by atoms with Crippen molar-refractivity contribution in [2.75, 3.05) is 18.5 Å². The van der Waals surface area contributed by atoms with E-state index in [0.717, 1.165) is 23.5 Å². The molecule has 1 atom stereocenters. The third-order valence-corrected chi connectivity index (χ3v) is 3.54. The molecule has 0 saturated carbocycles. The van der Waals surface area contributed by atoms with Crippen LogP contribution in [0.4, 0.5) is 10.5 Å². The van der Waals surface area contributed by atoms with Gasteiger partial charge in [-0.3, -0.25) is 4.98 Å². The average molecular weight is 313 g/mol. The van der Waals surface area contributed by atoms with Crippen molar-refractivity contribution in [2.24, 2.45) is 0 Å². The highest BCUT2D eigenvalue weighted by Gasteiger charge is 2.15. The van der Waals surface area contributed by atoms with Crippen molar-refractivity contribution >= 4 is 11.7 Å². The van der Waals surface area contributed by atoms with E-state index in [0.29, 0.717) is 18.9 Å². The fourth-order valence-electron chi connectivity index (χ4n) is 2.33. The van der Waals surface area contributed by atoms with E-state index < -0.39 is 0 Å². The number of ether oxygens (including phenoxy) is 2. The summed E-state index contributed by atoms with van der Waals surface area (Å²) in [4.78, 5) is 16.0. The van der Waals surface area contributed by atoms with Gasteiger partial charge in [-0.2, -0.15) is 0 Å². The molecular weight excluding hydrogens is 294 g/mol. The van der Waals surface area contributed by atoms with Crippen LogP contribution in [0.2, 0.25) is 0 Å². The minimum atomic E-state index is -0.280. The second kappa shape index (κ2) is 7.00. The molecule has 0 radical (unpaired) electrons. The van der Waals surface area contributed by atoms with E-state index in [2.05, 4.69) is 15.6 Å². The van der Waals surface area contributed by atoms with Crippen molar-refractivity contribution in [1.29, 1.82) is 0 Å². The third kappa shape index (κ3) is 3.91. The first-order valence-corrected chi connectivity index (χ1v) is 7.59. The van der Waals surface area contributed by atoms with Gasteiger partial charge in [0.15, 0.2) is 11.5 Å². The van der Waals surface area contributed by atoms with Crippen LogP contribution in [0, 0.1) is 0 Å². The van der Waals surface area contributed by atoms with Crippen molar-refractivity contribution in [1.82, 2.24) is 10.3 Å². The second-order valence-electron chi connectivity index (χ2n) is 5.32. The summed E-state index contributed by atoms with van der Waals surface area (Å²) in [7, 11) is 0. The monoisotopic (exact) mass is 313 g/mol. The number of nitrogens with zero attached hydrogens (tertiary/aromatic N) is 1. The second-order valence-corrected chi connectivity index (χ2v) is 5.32. The summed E-state index contributed by atoms with van der Waals surface area (Å²) >= 11 is 0. The third-order valence-electron chi connectivity index (χ3n) is 3.54. The summed E-state index contributed by atoms with van der Waals surface area (Å²) in [5.41, 5.74) is 1.60. The van der Waals surface area contributed by atoms with Crippen LogP contribution < -0.4 is 20.1 Å². The van der Waals surface area contributed by atoms with Crippen LogP contribution in [0.1, 0.15) is 24.9 Å². The Morgan fingerprint density at radius 1 is 1.22 bits per heavy atom. The lowest BCUT2D eigenvalue weighted by Crippen LogP contribution is -2.31. The van der Waals surface area contributed by atoms with Crippen LogP contribution in [-0.2, 0) is 0 Å². The Morgan fingerprint density at radius 3 is 2.83 bits per heavy atom. The molecule has 3 rings (SSSR count). The largest absolute Gasteiger partial charge is 0.490 e. The number of aromatic nitrogens is 1. The van der Waals surface area contributed by atoms with E-state index >= 15 is 0 Å². The maximum atomic E-state index is 12.0. The van der Waals surface area contributed by atoms with Gasteiger partial charge in [0.05, 0.1) is 31.1 Å². The van der Waals surface area contributed by atoms with Crippen LogP contribution in [0.25, 0.3) is 0 Å². The topological polar surface area (TPSA) is 72.5 Å². The minimum Gasteiger partial charge on any atom is -0.490 e. The lowest BCUT2D eigenvalue weighted by atomic mass is 10.1. The van der Waals surface area contributed by atoms with Gasteiger partial charge in [-0.15, -0.1) is 0 Å². The first-order chi connectivity index (χ1) is 11.2. The first-order valence-electron chi connectivity index (χ1n) is 7.59. The van der Waals surface area contributed by atoms with Gasteiger partial charge in [-0.1, -0.05) is 6.07 Å². The van der Waals surface area contributed by atoms with Crippen molar-refractivity contribution in [3.8, 4) is 11.5 Å². The number of nitrogens with one attached hydrogen (secondary N) is 2. The molecule has 0 saturated heterocycles. The molecule has 2 heterocycles. The van der Waals surface area contributed by atoms with Gasteiger partial charge in [-0.05, 0) is 36.8 Å². The van der Waals surface area contributed by atoms with E-state index in [1.165, 1.54) is 0 Å². The predicted octanol–water partition coefficient (Wildman–Crippen LogP) is 3.13. The highest BCUT2D eigenvalue weighted by molar-refractivity contribution is 5.89. The normalized spacial score (nSPS) is 14.5. The number of amides is 2. The molecule has 1 aromatic carbocycles. The SMILES string of the molecule is C[C@H](NC(=O)Nc1cccnc1)c1ccc2c(c1)OCCCO2. The van der Waals surface area contributed by atoms with Crippen LogP contribution in [-0.4, -0.2) is 24.2 Å². The molecule has 2 aromatic rings. The van der Waals surface area contributed by atoms with E-state index in [4.69, 9.17) is 9.47 Å². The molecule has 6 heteroatoms. The minimum absolute atomic E-state index is 0.163. The molecule has 0 fully saturated rings. The first kappa shape index (κ1) is 15.1. The Morgan fingerprint density at radius 2 is 2.04 bits per heavy atom. The van der Waals surface area contributed by atoms with Gasteiger partial charge in [-0.25, -0.2) is 4.79 Å². The lowest BCUT2D eigenvalue weighted by molar-refractivity contribution is 0.249. The summed E-state index contributed by atoms with van der Waals surface area (Å²) in [5.74, 6) is 1.47. The van der Waals surface area contributed by atoms with Gasteiger partial charge in [0.25, 0.3) is 0 Å². The molecule has 120 valence electrons. The Hall–Kier alpha value is -2.76. The maximum Gasteiger partial charge on any atom is 0.319 e. The molecule has 0 bridgehead atoms. The van der Waals surface area contributed by atoms with Crippen molar-refractivity contribution in [3.05, 3.63) is 48.3 Å². The molecular formula is C17H19N3O3. The molecule has 1 aliphatic heterocycles. The highest BCUT2D eigenvalue weighted by Crippen LogP contribution is 2.32. The number of hydrogen-bond donors (Lipinski definition) is 2. The van der Waals surface area contributed by atoms with Gasteiger partial charge in [0.2, 0.25) is 0 Å². The molecule has 1 aliphatic rings. The number of anilines is 1. The van der Waals surface area contributed by atoms with Gasteiger partial charge < -0.3 is 20.1 Å². The fraction of sp³-hybridized carbons (Fsp3) is 0.294. The van der Waals surface area contributed by atoms with Crippen molar-refractivity contribution in [3.63, 3.8) is 0 Å². The summed E-state index contributed by atoms with van der Waals surface area (Å²) in [6, 6.07) is 8.83. The molecule has 0 aliphatic carbocycles. The number of benzene rings is 1. The lowest BCUT2D eigenvalue weighted by Gasteiger charge is -2.17. The Balaban J connectivity index is 1.65. The summed E-state index contributed by atoms with van der Waals surface area (Å²) in [6.45, 7) is 3.22. The zero-order valence-electron chi connectivity index (χ0n) is 12.9. The van der Waals surface area contributed by atoms with E-state index in [1.807, 2.05) is 25.1 Å². The predicted molar refractivity (Wildman–Crippen MR) is 86.9 cm³/mol. The van der Waals surface area contributed by atoms with Gasteiger partial charge in [0.1, 0.15) is 0 Å². The number of carbonyl (C=O) groups excluding carboxylic acids is 1. The van der Waals surface area contributed by atoms with Crippen LogP contribution in [0.15, 0.2) is 42.7 Å². The Bertz CT molecular complexity index is 676. The van der Waals surface area contributed by atoms with Crippen molar-refractivity contribution in [2.45, 2.75) is 19.4 Å². The van der Waals surface area contributed by atoms with E-state index in [1.54, 1.807) is 24.5 Å². The molecule has 0 unspecified atom stereocenters. The van der Waals surface area contributed by atoms with Crippen molar-refractivity contribution < 1.29 is 14.3 Å². The summed E-state index contributed by atoms with van der Waals surface area (Å²) in [6.07, 6.45) is 4.12. The standard InChI is InChI=1S/C17H19N3O3/c1-12(19-17(21)20-14-4-2-7-18-11-14)13-5-6-15-16(10-13)23-9-3-8-22-15/h2,4-7,10-12H,3,8-9H2,1H3,(H2,19,20,21)/t12-/m0/s1. The van der Waals surface area contributed by atoms with Crippen LogP contribution in [0.5, 0.6) is 11.5 Å². The van der Waals surface area contributed by atoms with Crippen LogP contribution >= 0.6 is 0 Å². The van der Waals surface area contributed by atoms with E-state index in [9.17, 15) is 4.79 Å². The number of rotatable bonds is 3. The average Bonchev–Trinajstić information content (AvgIpc) is 2.80. The van der Waals surface area contributed by atoms with E-state index in [-0.39, 0.29) is 12.1 Å². The molecule has 6 nitrogen and oxygen atoms in total. The zero-order chi connectivity index (χ0) is 16.1. The number of pyridine rings is 1. The maximum absolute atomic E-state index is 12.0. The summed E-state index contributed by atoms with van der Waals surface area (Å²) < 4.78 is 11.3. The quantitative estimate of drug-likeness (QED) is 0.913. The van der Waals surface area contributed by atoms with Crippen LogP contribution in [0.3, 0.4) is 0 Å². The zero-order valence-corrected chi connectivity index (χ0v) is 12.9. The fourth-order valence-corrected chi connectivity index (χ4v) is 2.33. The van der Waals surface area contributed by atoms with Gasteiger partial charge in [0, 0.05) is 12.6 Å².